The number of carboxylic acid groups (broad SMARTS) is 1. The Morgan fingerprint density at radius 1 is 1.53 bits per heavy atom. The molecule has 2 unspecified atom stereocenters. The monoisotopic (exact) mass is 242 g/mol. The van der Waals surface area contributed by atoms with Crippen molar-refractivity contribution >= 4 is 11.9 Å². The Kier molecular flexibility index (Phi) is 4.93. The van der Waals surface area contributed by atoms with Crippen LogP contribution in [0.5, 0.6) is 0 Å². The molecule has 1 N–H and O–H groups in total. The lowest BCUT2D eigenvalue weighted by molar-refractivity contribution is -0.143. The van der Waals surface area contributed by atoms with Gasteiger partial charge in [0.1, 0.15) is 0 Å². The predicted molar refractivity (Wildman–Crippen MR) is 64.7 cm³/mol. The molecule has 0 spiro atoms. The summed E-state index contributed by atoms with van der Waals surface area (Å²) in [6.45, 7) is 6.16. The van der Waals surface area contributed by atoms with Crippen LogP contribution in [-0.2, 0) is 9.59 Å². The summed E-state index contributed by atoms with van der Waals surface area (Å²) in [6, 6.07) is 0. The predicted octanol–water partition coefficient (Wildman–Crippen LogP) is 0.507. The molecule has 2 atom stereocenters. The van der Waals surface area contributed by atoms with E-state index in [9.17, 15) is 9.59 Å². The third kappa shape index (κ3) is 3.70. The van der Waals surface area contributed by atoms with E-state index in [2.05, 4.69) is 4.90 Å². The Labute approximate surface area is 102 Å². The summed E-state index contributed by atoms with van der Waals surface area (Å²) in [5.41, 5.74) is 0. The van der Waals surface area contributed by atoms with E-state index >= 15 is 0 Å². The van der Waals surface area contributed by atoms with Crippen molar-refractivity contribution in [2.75, 3.05) is 33.2 Å². The maximum absolute atomic E-state index is 12.2. The molecule has 1 saturated heterocycles. The summed E-state index contributed by atoms with van der Waals surface area (Å²) in [5.74, 6) is -1.20. The smallest absolute Gasteiger partial charge is 0.308 e. The molecule has 1 heterocycles. The van der Waals surface area contributed by atoms with E-state index in [1.807, 2.05) is 14.0 Å². The molecule has 1 amide bonds. The number of likely N-dealkylation sites (tertiary alicyclic amines) is 1. The van der Waals surface area contributed by atoms with Gasteiger partial charge in [0.05, 0.1) is 11.8 Å². The van der Waals surface area contributed by atoms with Gasteiger partial charge in [0, 0.05) is 19.6 Å². The van der Waals surface area contributed by atoms with E-state index in [1.165, 1.54) is 0 Å². The Hall–Kier alpha value is -1.10. The molecule has 5 nitrogen and oxygen atoms in total. The van der Waals surface area contributed by atoms with Gasteiger partial charge in [-0.1, -0.05) is 6.92 Å². The molecule has 0 aromatic heterocycles. The fourth-order valence-corrected chi connectivity index (χ4v) is 2.18. The van der Waals surface area contributed by atoms with Crippen molar-refractivity contribution in [1.29, 1.82) is 0 Å². The molecule has 1 aliphatic rings. The minimum absolute atomic E-state index is 0.0425. The summed E-state index contributed by atoms with van der Waals surface area (Å²) in [6.07, 6.45) is 0.882. The minimum Gasteiger partial charge on any atom is -0.481 e. The fourth-order valence-electron chi connectivity index (χ4n) is 2.18. The molecule has 98 valence electrons. The molecule has 1 fully saturated rings. The molecule has 0 radical (unpaired) electrons. The normalized spacial score (nSPS) is 22.4. The molecule has 1 aliphatic heterocycles. The topological polar surface area (TPSA) is 60.9 Å². The maximum Gasteiger partial charge on any atom is 0.308 e. The van der Waals surface area contributed by atoms with Gasteiger partial charge in [-0.3, -0.25) is 9.59 Å². The van der Waals surface area contributed by atoms with E-state index in [-0.39, 0.29) is 11.8 Å². The lowest BCUT2D eigenvalue weighted by atomic mass is 10.1. The quantitative estimate of drug-likeness (QED) is 0.763. The Morgan fingerprint density at radius 3 is 2.59 bits per heavy atom. The number of amides is 1. The van der Waals surface area contributed by atoms with Gasteiger partial charge in [-0.2, -0.15) is 0 Å². The van der Waals surface area contributed by atoms with Gasteiger partial charge >= 0.3 is 5.97 Å². The first-order chi connectivity index (χ1) is 7.95. The van der Waals surface area contributed by atoms with Crippen molar-refractivity contribution in [3.05, 3.63) is 0 Å². The highest BCUT2D eigenvalue weighted by Crippen LogP contribution is 2.17. The van der Waals surface area contributed by atoms with Crippen molar-refractivity contribution in [2.24, 2.45) is 11.8 Å². The molecule has 0 bridgehead atoms. The highest BCUT2D eigenvalue weighted by atomic mass is 16.4. The SMILES string of the molecule is CCN(CC(C)C(=O)O)C(=O)C1CCN(C)C1. The van der Waals surface area contributed by atoms with Crippen LogP contribution in [-0.4, -0.2) is 60.0 Å². The molecule has 0 aromatic rings. The number of aliphatic carboxylic acids is 1. The zero-order valence-corrected chi connectivity index (χ0v) is 10.8. The largest absolute Gasteiger partial charge is 0.481 e. The molecule has 1 rings (SSSR count). The number of hydrogen-bond donors (Lipinski definition) is 1. The summed E-state index contributed by atoms with van der Waals surface area (Å²) >= 11 is 0. The van der Waals surface area contributed by atoms with Crippen LogP contribution in [0.1, 0.15) is 20.3 Å². The second-order valence-corrected chi connectivity index (χ2v) is 4.86. The van der Waals surface area contributed by atoms with E-state index in [1.54, 1.807) is 11.8 Å². The number of rotatable bonds is 5. The molecule has 0 aliphatic carbocycles. The van der Waals surface area contributed by atoms with Crippen molar-refractivity contribution in [2.45, 2.75) is 20.3 Å². The van der Waals surface area contributed by atoms with Crippen LogP contribution in [0.4, 0.5) is 0 Å². The first kappa shape index (κ1) is 14.0. The van der Waals surface area contributed by atoms with Crippen LogP contribution in [0, 0.1) is 11.8 Å². The summed E-state index contributed by atoms with van der Waals surface area (Å²) in [7, 11) is 2.00. The second-order valence-electron chi connectivity index (χ2n) is 4.86. The second kappa shape index (κ2) is 6.00. The zero-order valence-electron chi connectivity index (χ0n) is 10.8. The lowest BCUT2D eigenvalue weighted by Crippen LogP contribution is -2.41. The zero-order chi connectivity index (χ0) is 13.0. The molecular weight excluding hydrogens is 220 g/mol. The van der Waals surface area contributed by atoms with Crippen molar-refractivity contribution < 1.29 is 14.7 Å². The Morgan fingerprint density at radius 2 is 2.18 bits per heavy atom. The standard InChI is InChI=1S/C12H22N2O3/c1-4-14(7-9(2)12(16)17)11(15)10-5-6-13(3)8-10/h9-10H,4-8H2,1-3H3,(H,16,17). The summed E-state index contributed by atoms with van der Waals surface area (Å²) < 4.78 is 0. The summed E-state index contributed by atoms with van der Waals surface area (Å²) in [4.78, 5) is 26.8. The van der Waals surface area contributed by atoms with Crippen molar-refractivity contribution in [3.63, 3.8) is 0 Å². The highest BCUT2D eigenvalue weighted by molar-refractivity contribution is 5.80. The molecule has 5 heteroatoms. The number of carbonyl (C=O) groups is 2. The molecule has 0 saturated carbocycles. The van der Waals surface area contributed by atoms with E-state index in [0.29, 0.717) is 13.1 Å². The number of carbonyl (C=O) groups excluding carboxylic acids is 1. The van der Waals surface area contributed by atoms with Gasteiger partial charge in [0.25, 0.3) is 0 Å². The number of carboxylic acids is 1. The molecule has 17 heavy (non-hydrogen) atoms. The first-order valence-electron chi connectivity index (χ1n) is 6.15. The Balaban J connectivity index is 2.55. The van der Waals surface area contributed by atoms with E-state index < -0.39 is 11.9 Å². The fraction of sp³-hybridized carbons (Fsp3) is 0.833. The van der Waals surface area contributed by atoms with Crippen LogP contribution >= 0.6 is 0 Å². The van der Waals surface area contributed by atoms with Crippen LogP contribution in [0.2, 0.25) is 0 Å². The van der Waals surface area contributed by atoms with Crippen LogP contribution in [0.3, 0.4) is 0 Å². The lowest BCUT2D eigenvalue weighted by Gasteiger charge is -2.25. The first-order valence-corrected chi connectivity index (χ1v) is 6.15. The van der Waals surface area contributed by atoms with Crippen molar-refractivity contribution in [3.8, 4) is 0 Å². The van der Waals surface area contributed by atoms with Gasteiger partial charge in [-0.15, -0.1) is 0 Å². The maximum atomic E-state index is 12.2. The van der Waals surface area contributed by atoms with Gasteiger partial charge in [-0.05, 0) is 26.9 Å². The molecular formula is C12H22N2O3. The van der Waals surface area contributed by atoms with Crippen LogP contribution in [0.25, 0.3) is 0 Å². The minimum atomic E-state index is -0.847. The number of nitrogens with zero attached hydrogens (tertiary/aromatic N) is 2. The third-order valence-electron chi connectivity index (χ3n) is 3.35. The summed E-state index contributed by atoms with van der Waals surface area (Å²) in [5, 5.41) is 8.87. The Bertz CT molecular complexity index is 293. The van der Waals surface area contributed by atoms with Crippen molar-refractivity contribution in [1.82, 2.24) is 9.80 Å². The van der Waals surface area contributed by atoms with E-state index in [0.717, 1.165) is 19.5 Å². The van der Waals surface area contributed by atoms with Gasteiger partial charge in [-0.25, -0.2) is 0 Å². The average Bonchev–Trinajstić information content (AvgIpc) is 2.71. The third-order valence-corrected chi connectivity index (χ3v) is 3.35. The highest BCUT2D eigenvalue weighted by Gasteiger charge is 2.30. The van der Waals surface area contributed by atoms with Gasteiger partial charge in [0.2, 0.25) is 5.91 Å². The average molecular weight is 242 g/mol. The number of hydrogen-bond acceptors (Lipinski definition) is 3. The molecule has 0 aromatic carbocycles. The van der Waals surface area contributed by atoms with Crippen LogP contribution < -0.4 is 0 Å². The van der Waals surface area contributed by atoms with Gasteiger partial charge in [0.15, 0.2) is 0 Å². The van der Waals surface area contributed by atoms with Crippen LogP contribution in [0.15, 0.2) is 0 Å². The van der Waals surface area contributed by atoms with Gasteiger partial charge < -0.3 is 14.9 Å². The van der Waals surface area contributed by atoms with E-state index in [4.69, 9.17) is 5.11 Å².